The summed E-state index contributed by atoms with van der Waals surface area (Å²) in [6.45, 7) is 3.82. The first-order chi connectivity index (χ1) is 14.0. The summed E-state index contributed by atoms with van der Waals surface area (Å²) in [5.74, 6) is -0.572. The van der Waals surface area contributed by atoms with Gasteiger partial charge in [-0.1, -0.05) is 30.8 Å². The first-order valence-electron chi connectivity index (χ1n) is 9.01. The van der Waals surface area contributed by atoms with Gasteiger partial charge in [0.2, 0.25) is 0 Å². The van der Waals surface area contributed by atoms with Crippen molar-refractivity contribution in [1.29, 1.82) is 0 Å². The van der Waals surface area contributed by atoms with Gasteiger partial charge in [0.05, 0.1) is 23.0 Å². The molecule has 0 spiro atoms. The number of nitrogens with zero attached hydrogens (tertiary/aromatic N) is 2. The van der Waals surface area contributed by atoms with Crippen molar-refractivity contribution in [3.05, 3.63) is 102 Å². The van der Waals surface area contributed by atoms with E-state index < -0.39 is 0 Å². The maximum atomic E-state index is 13.2. The number of carbonyl (C=O) groups excluding carboxylic acids is 1. The minimum atomic E-state index is -0.320. The monoisotopic (exact) mass is 387 g/mol. The van der Waals surface area contributed by atoms with Crippen LogP contribution in [0.4, 0.5) is 4.39 Å². The van der Waals surface area contributed by atoms with Gasteiger partial charge in [-0.3, -0.25) is 4.79 Å². The molecule has 2 N–H and O–H groups in total. The van der Waals surface area contributed by atoms with Crippen molar-refractivity contribution in [2.24, 2.45) is 0 Å². The molecule has 0 aliphatic rings. The fourth-order valence-corrected chi connectivity index (χ4v) is 3.18. The van der Waals surface area contributed by atoms with Gasteiger partial charge in [0.1, 0.15) is 11.6 Å². The maximum Gasteiger partial charge on any atom is 0.252 e. The molecule has 0 atom stereocenters. The van der Waals surface area contributed by atoms with Crippen LogP contribution in [0.1, 0.15) is 21.5 Å². The summed E-state index contributed by atoms with van der Waals surface area (Å²) in [4.78, 5) is 12.8. The van der Waals surface area contributed by atoms with Crippen LogP contribution in [0.2, 0.25) is 0 Å². The number of rotatable bonds is 5. The average molecular weight is 387 g/mol. The Morgan fingerprint density at radius 2 is 1.86 bits per heavy atom. The molecule has 0 bridgehead atoms. The van der Waals surface area contributed by atoms with E-state index in [0.717, 1.165) is 11.1 Å². The first-order valence-corrected chi connectivity index (χ1v) is 9.01. The third-order valence-electron chi connectivity index (χ3n) is 4.64. The molecule has 1 heterocycles. The molecule has 0 aliphatic carbocycles. The van der Waals surface area contributed by atoms with E-state index in [4.69, 9.17) is 0 Å². The molecule has 29 heavy (non-hydrogen) atoms. The van der Waals surface area contributed by atoms with Crippen LogP contribution in [0.5, 0.6) is 0 Å². The molecule has 1 amide bonds. The maximum absolute atomic E-state index is 13.2. The molecule has 6 heteroatoms. The highest BCUT2D eigenvalue weighted by molar-refractivity contribution is 6.06. The first kappa shape index (κ1) is 18.4. The second-order valence-electron chi connectivity index (χ2n) is 6.60. The number of halogens is 1. The molecule has 0 saturated heterocycles. The molecule has 3 aromatic carbocycles. The number of aliphatic hydroxyl groups is 1. The number of hydrogen-bond donors (Lipinski definition) is 2. The van der Waals surface area contributed by atoms with Gasteiger partial charge >= 0.3 is 0 Å². The molecule has 0 fully saturated rings. The highest BCUT2D eigenvalue weighted by Crippen LogP contribution is 2.22. The molecule has 4 aromatic rings. The fraction of sp³-hybridized carbons (Fsp3) is 0.0435. The van der Waals surface area contributed by atoms with Gasteiger partial charge in [0.15, 0.2) is 0 Å². The van der Waals surface area contributed by atoms with Gasteiger partial charge in [-0.15, -0.1) is 0 Å². The molecular weight excluding hydrogens is 369 g/mol. The van der Waals surface area contributed by atoms with E-state index in [-0.39, 0.29) is 17.5 Å². The Morgan fingerprint density at radius 1 is 1.10 bits per heavy atom. The minimum absolute atomic E-state index is 0.0175. The van der Waals surface area contributed by atoms with Crippen LogP contribution < -0.4 is 5.32 Å². The van der Waals surface area contributed by atoms with Crippen LogP contribution in [-0.2, 0) is 6.54 Å². The van der Waals surface area contributed by atoms with E-state index in [0.29, 0.717) is 28.7 Å². The summed E-state index contributed by atoms with van der Waals surface area (Å²) in [5, 5.41) is 17.5. The Morgan fingerprint density at radius 3 is 2.62 bits per heavy atom. The third kappa shape index (κ3) is 3.73. The van der Waals surface area contributed by atoms with E-state index in [1.54, 1.807) is 53.3 Å². The van der Waals surface area contributed by atoms with E-state index in [1.165, 1.54) is 12.1 Å². The predicted octanol–water partition coefficient (Wildman–Crippen LogP) is 4.62. The van der Waals surface area contributed by atoms with Crippen molar-refractivity contribution in [2.75, 3.05) is 0 Å². The van der Waals surface area contributed by atoms with Gasteiger partial charge in [0.25, 0.3) is 5.91 Å². The van der Waals surface area contributed by atoms with Crippen LogP contribution in [0.3, 0.4) is 0 Å². The van der Waals surface area contributed by atoms with Gasteiger partial charge in [0, 0.05) is 17.5 Å². The van der Waals surface area contributed by atoms with Crippen LogP contribution in [0.15, 0.2) is 79.5 Å². The lowest BCUT2D eigenvalue weighted by molar-refractivity contribution is 0.0952. The van der Waals surface area contributed by atoms with Crippen molar-refractivity contribution in [3.63, 3.8) is 0 Å². The standard InChI is InChI=1S/C23H18FN3O2/c1-15(28)17-5-2-4-16(12-17)13-25-23(29)20-6-3-7-22-21(20)14-26-27(22)19-10-8-18(24)9-11-19/h2-12,14,28H,1,13H2,(H,25,29). The predicted molar refractivity (Wildman–Crippen MR) is 110 cm³/mol. The van der Waals surface area contributed by atoms with Crippen LogP contribution in [0.25, 0.3) is 22.3 Å². The smallest absolute Gasteiger partial charge is 0.252 e. The number of carbonyl (C=O) groups is 1. The number of benzene rings is 3. The van der Waals surface area contributed by atoms with Crippen LogP contribution >= 0.6 is 0 Å². The third-order valence-corrected chi connectivity index (χ3v) is 4.64. The van der Waals surface area contributed by atoms with E-state index in [2.05, 4.69) is 17.0 Å². The van der Waals surface area contributed by atoms with Gasteiger partial charge < -0.3 is 10.4 Å². The largest absolute Gasteiger partial charge is 0.508 e. The highest BCUT2D eigenvalue weighted by Gasteiger charge is 2.14. The number of aliphatic hydroxyl groups excluding tert-OH is 1. The molecule has 0 saturated carbocycles. The van der Waals surface area contributed by atoms with Crippen molar-refractivity contribution in [1.82, 2.24) is 15.1 Å². The zero-order chi connectivity index (χ0) is 20.4. The normalized spacial score (nSPS) is 10.8. The Kier molecular flexibility index (Phi) is 4.83. The lowest BCUT2D eigenvalue weighted by Crippen LogP contribution is -2.23. The second kappa shape index (κ2) is 7.59. The lowest BCUT2D eigenvalue weighted by Gasteiger charge is -2.08. The SMILES string of the molecule is C=C(O)c1cccc(CNC(=O)c2cccc3c2cnn3-c2ccc(F)cc2)c1. The number of nitrogens with one attached hydrogen (secondary N) is 1. The summed E-state index contributed by atoms with van der Waals surface area (Å²) in [7, 11) is 0. The van der Waals surface area contributed by atoms with Crippen molar-refractivity contribution < 1.29 is 14.3 Å². The molecule has 0 radical (unpaired) electrons. The molecule has 1 aromatic heterocycles. The Labute approximate surface area is 166 Å². The summed E-state index contributed by atoms with van der Waals surface area (Å²) >= 11 is 0. The highest BCUT2D eigenvalue weighted by atomic mass is 19.1. The van der Waals surface area contributed by atoms with Crippen molar-refractivity contribution in [3.8, 4) is 5.69 Å². The van der Waals surface area contributed by atoms with Gasteiger partial charge in [-0.25, -0.2) is 9.07 Å². The molecule has 0 unspecified atom stereocenters. The van der Waals surface area contributed by atoms with E-state index in [9.17, 15) is 14.3 Å². The Hall–Kier alpha value is -3.93. The minimum Gasteiger partial charge on any atom is -0.508 e. The van der Waals surface area contributed by atoms with E-state index in [1.807, 2.05) is 12.1 Å². The number of hydrogen-bond acceptors (Lipinski definition) is 3. The average Bonchev–Trinajstić information content (AvgIpc) is 3.17. The van der Waals surface area contributed by atoms with Crippen molar-refractivity contribution in [2.45, 2.75) is 6.54 Å². The van der Waals surface area contributed by atoms with Gasteiger partial charge in [-0.05, 0) is 48.0 Å². The number of fused-ring (bicyclic) bond motifs is 1. The molecule has 0 aliphatic heterocycles. The summed E-state index contributed by atoms with van der Waals surface area (Å²) in [6, 6.07) is 18.6. The zero-order valence-electron chi connectivity index (χ0n) is 15.5. The Balaban J connectivity index is 1.59. The van der Waals surface area contributed by atoms with Crippen molar-refractivity contribution >= 4 is 22.6 Å². The fourth-order valence-electron chi connectivity index (χ4n) is 3.18. The molecule has 5 nitrogen and oxygen atoms in total. The topological polar surface area (TPSA) is 67.2 Å². The second-order valence-corrected chi connectivity index (χ2v) is 6.60. The van der Waals surface area contributed by atoms with E-state index >= 15 is 0 Å². The van der Waals surface area contributed by atoms with Crippen LogP contribution in [0, 0.1) is 5.82 Å². The van der Waals surface area contributed by atoms with Crippen LogP contribution in [-0.4, -0.2) is 20.8 Å². The summed E-state index contributed by atoms with van der Waals surface area (Å²) < 4.78 is 14.9. The number of amides is 1. The number of aromatic nitrogens is 2. The Bertz CT molecular complexity index is 1210. The quantitative estimate of drug-likeness (QED) is 0.491. The summed E-state index contributed by atoms with van der Waals surface area (Å²) in [6.07, 6.45) is 1.63. The molecular formula is C23H18FN3O2. The molecule has 4 rings (SSSR count). The molecule has 144 valence electrons. The zero-order valence-corrected chi connectivity index (χ0v) is 15.5. The van der Waals surface area contributed by atoms with Gasteiger partial charge in [-0.2, -0.15) is 5.10 Å². The summed E-state index contributed by atoms with van der Waals surface area (Å²) in [5.41, 5.74) is 3.42. The lowest BCUT2D eigenvalue weighted by atomic mass is 10.1.